The summed E-state index contributed by atoms with van der Waals surface area (Å²) in [4.78, 5) is 35.4. The van der Waals surface area contributed by atoms with Crippen LogP contribution in [0.4, 0.5) is 0 Å². The van der Waals surface area contributed by atoms with E-state index in [0.717, 1.165) is 10.4 Å². The Labute approximate surface area is 170 Å². The first-order chi connectivity index (χ1) is 14.2. The van der Waals surface area contributed by atoms with Crippen LogP contribution >= 0.6 is 11.3 Å². The molecule has 3 aromatic heterocycles. The molecule has 0 saturated heterocycles. The molecule has 4 rings (SSSR count). The summed E-state index contributed by atoms with van der Waals surface area (Å²) < 4.78 is 6.86. The van der Waals surface area contributed by atoms with Crippen LogP contribution in [0.25, 0.3) is 11.2 Å². The molecule has 0 aliphatic carbocycles. The summed E-state index contributed by atoms with van der Waals surface area (Å²) in [6.07, 6.45) is 1.60. The third-order valence-electron chi connectivity index (χ3n) is 4.44. The number of nitrogens with one attached hydrogen (secondary N) is 1. The number of amides is 1. The highest BCUT2D eigenvalue weighted by molar-refractivity contribution is 7.09. The molecule has 8 heteroatoms. The van der Waals surface area contributed by atoms with Gasteiger partial charge in [0.05, 0.1) is 20.2 Å². The SMILES string of the molecule is COc1ccccc1Cn1c(=O)c(C(=O)NCc2cccs2)nc2cccnc21. The molecule has 0 bridgehead atoms. The van der Waals surface area contributed by atoms with Gasteiger partial charge in [0.2, 0.25) is 0 Å². The molecule has 1 amide bonds. The van der Waals surface area contributed by atoms with E-state index in [1.165, 1.54) is 15.9 Å². The number of rotatable bonds is 6. The number of methoxy groups -OCH3 is 1. The summed E-state index contributed by atoms with van der Waals surface area (Å²) in [5.41, 5.74) is 1.05. The molecule has 146 valence electrons. The topological polar surface area (TPSA) is 86.1 Å². The summed E-state index contributed by atoms with van der Waals surface area (Å²) >= 11 is 1.53. The number of carbonyl (C=O) groups is 1. The number of pyridine rings is 1. The predicted octanol–water partition coefficient (Wildman–Crippen LogP) is 2.84. The number of benzene rings is 1. The predicted molar refractivity (Wildman–Crippen MR) is 111 cm³/mol. The Morgan fingerprint density at radius 3 is 2.83 bits per heavy atom. The van der Waals surface area contributed by atoms with Crippen LogP contribution in [0.2, 0.25) is 0 Å². The van der Waals surface area contributed by atoms with Gasteiger partial charge in [-0.2, -0.15) is 0 Å². The molecule has 0 fully saturated rings. The number of nitrogens with zero attached hydrogens (tertiary/aromatic N) is 3. The fourth-order valence-electron chi connectivity index (χ4n) is 3.04. The van der Waals surface area contributed by atoms with Crippen molar-refractivity contribution in [3.63, 3.8) is 0 Å². The molecule has 1 N–H and O–H groups in total. The van der Waals surface area contributed by atoms with Gasteiger partial charge in [-0.3, -0.25) is 14.2 Å². The average Bonchev–Trinajstić information content (AvgIpc) is 3.28. The van der Waals surface area contributed by atoms with Gasteiger partial charge in [-0.05, 0) is 29.6 Å². The summed E-state index contributed by atoms with van der Waals surface area (Å²) in [6, 6.07) is 14.7. The number of para-hydroxylation sites is 1. The van der Waals surface area contributed by atoms with Crippen molar-refractivity contribution in [1.82, 2.24) is 19.9 Å². The number of carbonyl (C=O) groups excluding carboxylic acids is 1. The number of hydrogen-bond donors (Lipinski definition) is 1. The summed E-state index contributed by atoms with van der Waals surface area (Å²) in [5.74, 6) is 0.145. The summed E-state index contributed by atoms with van der Waals surface area (Å²) in [6.45, 7) is 0.555. The van der Waals surface area contributed by atoms with Crippen molar-refractivity contribution in [2.75, 3.05) is 7.11 Å². The van der Waals surface area contributed by atoms with Crippen LogP contribution in [0.1, 0.15) is 20.9 Å². The molecule has 0 aliphatic heterocycles. The lowest BCUT2D eigenvalue weighted by atomic mass is 10.2. The standard InChI is InChI=1S/C21H18N4O3S/c1-28-17-9-3-2-6-14(17)13-25-19-16(8-4-10-22-19)24-18(21(25)27)20(26)23-12-15-7-5-11-29-15/h2-11H,12-13H2,1H3,(H,23,26). The smallest absolute Gasteiger partial charge is 0.284 e. The Kier molecular flexibility index (Phi) is 5.35. The second-order valence-corrected chi connectivity index (χ2v) is 7.30. The maximum Gasteiger partial charge on any atom is 0.284 e. The van der Waals surface area contributed by atoms with Crippen LogP contribution in [0.5, 0.6) is 5.75 Å². The van der Waals surface area contributed by atoms with Gasteiger partial charge in [0.1, 0.15) is 11.3 Å². The highest BCUT2D eigenvalue weighted by Crippen LogP contribution is 2.19. The minimum Gasteiger partial charge on any atom is -0.496 e. The van der Waals surface area contributed by atoms with Gasteiger partial charge in [0.25, 0.3) is 11.5 Å². The van der Waals surface area contributed by atoms with Crippen LogP contribution in [0, 0.1) is 0 Å². The fraction of sp³-hybridized carbons (Fsp3) is 0.143. The van der Waals surface area contributed by atoms with Crippen molar-refractivity contribution < 1.29 is 9.53 Å². The van der Waals surface area contributed by atoms with Crippen LogP contribution in [0.3, 0.4) is 0 Å². The van der Waals surface area contributed by atoms with Gasteiger partial charge in [0.15, 0.2) is 11.3 Å². The molecule has 0 atom stereocenters. The zero-order valence-corrected chi connectivity index (χ0v) is 16.5. The Morgan fingerprint density at radius 1 is 1.17 bits per heavy atom. The van der Waals surface area contributed by atoms with Gasteiger partial charge in [-0.15, -0.1) is 11.3 Å². The maximum atomic E-state index is 13.2. The van der Waals surface area contributed by atoms with Crippen LogP contribution in [-0.2, 0) is 13.1 Å². The number of ether oxygens (including phenoxy) is 1. The zero-order chi connectivity index (χ0) is 20.2. The Balaban J connectivity index is 1.75. The first-order valence-corrected chi connectivity index (χ1v) is 9.83. The molecule has 0 aliphatic rings. The lowest BCUT2D eigenvalue weighted by molar-refractivity contribution is 0.0944. The van der Waals surface area contributed by atoms with Crippen molar-refractivity contribution in [3.8, 4) is 5.75 Å². The van der Waals surface area contributed by atoms with E-state index in [1.807, 2.05) is 41.8 Å². The van der Waals surface area contributed by atoms with E-state index in [-0.39, 0.29) is 12.2 Å². The second-order valence-electron chi connectivity index (χ2n) is 6.27. The normalized spacial score (nSPS) is 10.8. The molecular weight excluding hydrogens is 388 g/mol. The molecule has 0 unspecified atom stereocenters. The molecular formula is C21H18N4O3S. The van der Waals surface area contributed by atoms with Gasteiger partial charge in [-0.25, -0.2) is 9.97 Å². The van der Waals surface area contributed by atoms with E-state index in [1.54, 1.807) is 25.4 Å². The molecule has 0 radical (unpaired) electrons. The Bertz CT molecular complexity index is 1220. The van der Waals surface area contributed by atoms with Crippen molar-refractivity contribution in [3.05, 3.63) is 86.6 Å². The Hall–Kier alpha value is -3.52. The molecule has 0 saturated carbocycles. The molecule has 0 spiro atoms. The Morgan fingerprint density at radius 2 is 2.03 bits per heavy atom. The first-order valence-electron chi connectivity index (χ1n) is 8.95. The molecule has 1 aromatic carbocycles. The molecule has 7 nitrogen and oxygen atoms in total. The van der Waals surface area contributed by atoms with Crippen LogP contribution < -0.4 is 15.6 Å². The van der Waals surface area contributed by atoms with Crippen LogP contribution in [0.15, 0.2) is 64.9 Å². The third-order valence-corrected chi connectivity index (χ3v) is 5.32. The van der Waals surface area contributed by atoms with Gasteiger partial charge < -0.3 is 10.1 Å². The largest absolute Gasteiger partial charge is 0.496 e. The molecule has 3 heterocycles. The fourth-order valence-corrected chi connectivity index (χ4v) is 3.68. The monoisotopic (exact) mass is 406 g/mol. The number of thiophene rings is 1. The molecule has 29 heavy (non-hydrogen) atoms. The second kappa shape index (κ2) is 8.24. The lowest BCUT2D eigenvalue weighted by Gasteiger charge is -2.13. The third kappa shape index (κ3) is 3.88. The van der Waals surface area contributed by atoms with E-state index < -0.39 is 11.5 Å². The van der Waals surface area contributed by atoms with Crippen molar-refractivity contribution in [1.29, 1.82) is 0 Å². The van der Waals surface area contributed by atoms with Gasteiger partial charge in [0, 0.05) is 16.6 Å². The van der Waals surface area contributed by atoms with Gasteiger partial charge in [-0.1, -0.05) is 24.3 Å². The quantitative estimate of drug-likeness (QED) is 0.532. The van der Waals surface area contributed by atoms with E-state index in [4.69, 9.17) is 4.74 Å². The van der Waals surface area contributed by atoms with E-state index >= 15 is 0 Å². The minimum absolute atomic E-state index is 0.156. The van der Waals surface area contributed by atoms with E-state index in [0.29, 0.717) is 23.5 Å². The minimum atomic E-state index is -0.511. The highest BCUT2D eigenvalue weighted by atomic mass is 32.1. The van der Waals surface area contributed by atoms with E-state index in [2.05, 4.69) is 15.3 Å². The summed E-state index contributed by atoms with van der Waals surface area (Å²) in [7, 11) is 1.58. The lowest BCUT2D eigenvalue weighted by Crippen LogP contribution is -2.35. The van der Waals surface area contributed by atoms with E-state index in [9.17, 15) is 9.59 Å². The number of hydrogen-bond acceptors (Lipinski definition) is 6. The zero-order valence-electron chi connectivity index (χ0n) is 15.7. The van der Waals surface area contributed by atoms with Crippen LogP contribution in [-0.4, -0.2) is 27.6 Å². The first kappa shape index (κ1) is 18.8. The van der Waals surface area contributed by atoms with Crippen molar-refractivity contribution in [2.24, 2.45) is 0 Å². The number of aromatic nitrogens is 3. The maximum absolute atomic E-state index is 13.2. The van der Waals surface area contributed by atoms with Crippen molar-refractivity contribution >= 4 is 28.4 Å². The van der Waals surface area contributed by atoms with Crippen molar-refractivity contribution in [2.45, 2.75) is 13.1 Å². The summed E-state index contributed by atoms with van der Waals surface area (Å²) in [5, 5.41) is 4.70. The number of fused-ring (bicyclic) bond motifs is 1. The molecule has 4 aromatic rings. The van der Waals surface area contributed by atoms with Gasteiger partial charge >= 0.3 is 0 Å². The highest BCUT2D eigenvalue weighted by Gasteiger charge is 2.19. The average molecular weight is 406 g/mol.